The van der Waals surface area contributed by atoms with Crippen LogP contribution in [0.25, 0.3) is 5.57 Å². The highest BCUT2D eigenvalue weighted by Crippen LogP contribution is 2.62. The minimum Gasteiger partial charge on any atom is -0.312 e. The Morgan fingerprint density at radius 3 is 1.81 bits per heavy atom. The number of anilines is 7. The summed E-state index contributed by atoms with van der Waals surface area (Å²) in [7, 11) is -3.63. The lowest BCUT2D eigenvalue weighted by molar-refractivity contribution is 0.594. The Morgan fingerprint density at radius 2 is 1.17 bits per heavy atom. The van der Waals surface area contributed by atoms with Crippen molar-refractivity contribution in [3.63, 3.8) is 0 Å². The van der Waals surface area contributed by atoms with Gasteiger partial charge >= 0.3 is 0 Å². The zero-order chi connectivity index (χ0) is 35.4. The predicted octanol–water partition coefficient (Wildman–Crippen LogP) is 11.8. The second-order valence-corrected chi connectivity index (χ2v) is 16.9. The van der Waals surface area contributed by atoms with E-state index in [0.717, 1.165) is 42.0 Å². The summed E-state index contributed by atoms with van der Waals surface area (Å²) in [6, 6.07) is 39.0. The van der Waals surface area contributed by atoms with E-state index in [0.29, 0.717) is 27.1 Å². The molecule has 0 aromatic heterocycles. The zero-order valence-corrected chi connectivity index (χ0v) is 30.4. The monoisotopic (exact) mass is 697 g/mol. The summed E-state index contributed by atoms with van der Waals surface area (Å²) in [6.07, 6.45) is 11.8. The zero-order valence-electron chi connectivity index (χ0n) is 29.5. The van der Waals surface area contributed by atoms with Crippen LogP contribution in [0.3, 0.4) is 0 Å². The number of hydrogen-bond acceptors (Lipinski definition) is 5. The third-order valence-electron chi connectivity index (χ3n) is 11.6. The van der Waals surface area contributed by atoms with Crippen molar-refractivity contribution < 1.29 is 8.42 Å². The van der Waals surface area contributed by atoms with Gasteiger partial charge in [0.25, 0.3) is 0 Å². The molecular weight excluding hydrogens is 659 g/mol. The molecule has 0 radical (unpaired) electrons. The molecule has 10 rings (SSSR count). The van der Waals surface area contributed by atoms with Gasteiger partial charge in [-0.3, -0.25) is 0 Å². The Labute approximate surface area is 306 Å². The number of allylic oxidation sites excluding steroid dienone is 8. The molecule has 1 atom stereocenters. The average Bonchev–Trinajstić information content (AvgIpc) is 3.39. The van der Waals surface area contributed by atoms with E-state index in [1.165, 1.54) is 39.3 Å². The van der Waals surface area contributed by atoms with Gasteiger partial charge in [0.05, 0.1) is 43.9 Å². The number of hydrogen-bond donors (Lipinski definition) is 0. The van der Waals surface area contributed by atoms with Crippen LogP contribution in [0.5, 0.6) is 0 Å². The molecule has 3 aliphatic carbocycles. The molecule has 1 unspecified atom stereocenters. The van der Waals surface area contributed by atoms with Gasteiger partial charge in [0, 0.05) is 28.1 Å². The van der Waals surface area contributed by atoms with Crippen molar-refractivity contribution in [3.8, 4) is 0 Å². The number of fused-ring (bicyclic) bond motifs is 7. The average molecular weight is 698 g/mol. The molecule has 0 spiro atoms. The second-order valence-electron chi connectivity index (χ2n) is 15.0. The number of sulfone groups is 1. The van der Waals surface area contributed by atoms with Crippen molar-refractivity contribution in [3.05, 3.63) is 168 Å². The highest BCUT2D eigenvalue weighted by molar-refractivity contribution is 7.92. The van der Waals surface area contributed by atoms with Crippen LogP contribution in [0.1, 0.15) is 51.2 Å². The van der Waals surface area contributed by atoms with Gasteiger partial charge in [0.15, 0.2) is 0 Å². The molecule has 0 bridgehead atoms. The molecule has 0 fully saturated rings. The van der Waals surface area contributed by atoms with Gasteiger partial charge in [-0.05, 0) is 109 Å². The molecule has 5 nitrogen and oxygen atoms in total. The van der Waals surface area contributed by atoms with E-state index in [1.54, 1.807) is 12.1 Å². The summed E-state index contributed by atoms with van der Waals surface area (Å²) in [6.45, 7) is 7.07. The van der Waals surface area contributed by atoms with E-state index in [2.05, 4.69) is 127 Å². The molecular formula is C46H39N3O2S. The quantitative estimate of drug-likeness (QED) is 0.188. The van der Waals surface area contributed by atoms with Crippen LogP contribution in [0.4, 0.5) is 39.8 Å². The molecule has 5 aromatic carbocycles. The summed E-state index contributed by atoms with van der Waals surface area (Å²) >= 11 is 0. The van der Waals surface area contributed by atoms with Crippen molar-refractivity contribution >= 4 is 55.2 Å². The molecule has 0 amide bonds. The predicted molar refractivity (Wildman–Crippen MR) is 212 cm³/mol. The van der Waals surface area contributed by atoms with Gasteiger partial charge in [-0.25, -0.2) is 8.42 Å². The maximum atomic E-state index is 13.7. The number of nitrogens with zero attached hydrogens (tertiary/aromatic N) is 3. The van der Waals surface area contributed by atoms with E-state index in [9.17, 15) is 8.42 Å². The lowest BCUT2D eigenvalue weighted by Gasteiger charge is -2.44. The highest BCUT2D eigenvalue weighted by atomic mass is 32.2. The minimum atomic E-state index is -3.63. The summed E-state index contributed by atoms with van der Waals surface area (Å²) in [5.74, 6) is 0.462. The van der Waals surface area contributed by atoms with E-state index < -0.39 is 9.84 Å². The first-order valence-corrected chi connectivity index (χ1v) is 19.7. The van der Waals surface area contributed by atoms with Crippen LogP contribution in [-0.4, -0.2) is 8.42 Å². The van der Waals surface area contributed by atoms with Gasteiger partial charge in [-0.2, -0.15) is 0 Å². The maximum absolute atomic E-state index is 13.7. The molecule has 0 saturated carbocycles. The molecule has 52 heavy (non-hydrogen) atoms. The Hall–Kier alpha value is -5.59. The van der Waals surface area contributed by atoms with E-state index in [4.69, 9.17) is 0 Å². The third kappa shape index (κ3) is 4.31. The smallest absolute Gasteiger partial charge is 0.210 e. The topological polar surface area (TPSA) is 43.9 Å². The van der Waals surface area contributed by atoms with Crippen LogP contribution < -0.4 is 14.7 Å². The van der Waals surface area contributed by atoms with Crippen LogP contribution in [-0.2, 0) is 15.3 Å². The normalized spacial score (nSPS) is 20.2. The Kier molecular flexibility index (Phi) is 6.72. The van der Waals surface area contributed by atoms with E-state index in [-0.39, 0.29) is 5.41 Å². The molecule has 5 aromatic rings. The third-order valence-corrected chi connectivity index (χ3v) is 13.4. The van der Waals surface area contributed by atoms with Crippen molar-refractivity contribution in [2.24, 2.45) is 5.92 Å². The Balaban J connectivity index is 1.19. The van der Waals surface area contributed by atoms with Gasteiger partial charge in [-0.15, -0.1) is 0 Å². The van der Waals surface area contributed by atoms with Gasteiger partial charge in [0.1, 0.15) is 0 Å². The van der Waals surface area contributed by atoms with Crippen molar-refractivity contribution in [1.29, 1.82) is 0 Å². The first kappa shape index (κ1) is 31.2. The first-order valence-electron chi connectivity index (χ1n) is 18.2. The number of para-hydroxylation sites is 5. The van der Waals surface area contributed by atoms with E-state index in [1.807, 2.05) is 36.4 Å². The fourth-order valence-corrected chi connectivity index (χ4v) is 10.8. The van der Waals surface area contributed by atoms with Crippen molar-refractivity contribution in [2.75, 3.05) is 14.7 Å². The molecule has 2 aliphatic heterocycles. The summed E-state index contributed by atoms with van der Waals surface area (Å²) < 4.78 is 27.5. The Morgan fingerprint density at radius 1 is 0.615 bits per heavy atom. The summed E-state index contributed by atoms with van der Waals surface area (Å²) in [5, 5.41) is 0. The first-order chi connectivity index (χ1) is 25.2. The Bertz CT molecular complexity index is 2520. The molecule has 256 valence electrons. The molecule has 0 N–H and O–H groups in total. The van der Waals surface area contributed by atoms with E-state index >= 15 is 0 Å². The molecule has 2 heterocycles. The fourth-order valence-electron chi connectivity index (χ4n) is 9.17. The van der Waals surface area contributed by atoms with Crippen LogP contribution >= 0.6 is 0 Å². The molecule has 5 aliphatic rings. The van der Waals surface area contributed by atoms with Gasteiger partial charge in [-0.1, -0.05) is 93.6 Å². The molecule has 6 heteroatoms. The largest absolute Gasteiger partial charge is 0.312 e. The number of rotatable bonds is 3. The van der Waals surface area contributed by atoms with Crippen molar-refractivity contribution in [1.82, 2.24) is 0 Å². The lowest BCUT2D eigenvalue weighted by atomic mass is 9.79. The summed E-state index contributed by atoms with van der Waals surface area (Å²) in [5.41, 5.74) is 15.1. The van der Waals surface area contributed by atoms with Crippen LogP contribution in [0, 0.1) is 5.92 Å². The second kappa shape index (κ2) is 11.2. The van der Waals surface area contributed by atoms with Gasteiger partial charge in [0.2, 0.25) is 9.84 Å². The number of benzene rings is 5. The minimum absolute atomic E-state index is 0.111. The fraction of sp³-hybridized carbons (Fsp3) is 0.174. The SMILES string of the molecule is CC1C=CC2=C(C1)c1c(ccc3c1N(C1=CC=C(N4c5ccccc5S(=O)(=O)c5ccccc54)CC1)c1ccccc1N3c1ccccc1)C2(C)C. The highest BCUT2D eigenvalue weighted by Gasteiger charge is 2.44. The standard InChI is InChI=1S/C46H39N3O2S/c1-30-21-26-35-34(29-30)44-36(46(35,2)3)27-28-41-45(44)49(38-16-8-7-15-37(38)47(41)31-13-5-4-6-14-31)33-24-22-32(23-25-33)48-39-17-9-11-19-42(39)52(50,51)43-20-12-10-18-40(43)48/h4-22,24,26-28,30H,23,25,29H2,1-3H3. The summed E-state index contributed by atoms with van der Waals surface area (Å²) in [4.78, 5) is 7.82. The molecule has 0 saturated heterocycles. The van der Waals surface area contributed by atoms with Crippen molar-refractivity contribution in [2.45, 2.75) is 55.2 Å². The lowest BCUT2D eigenvalue weighted by Crippen LogP contribution is -2.30. The van der Waals surface area contributed by atoms with Crippen LogP contribution in [0.15, 0.2) is 166 Å². The van der Waals surface area contributed by atoms with Crippen LogP contribution in [0.2, 0.25) is 0 Å². The maximum Gasteiger partial charge on any atom is 0.210 e. The van der Waals surface area contributed by atoms with Gasteiger partial charge < -0.3 is 14.7 Å².